The highest BCUT2D eigenvalue weighted by Gasteiger charge is 2.43. The fraction of sp³-hybridized carbons (Fsp3) is 0.562. The van der Waals surface area contributed by atoms with E-state index in [4.69, 9.17) is 5.73 Å². The van der Waals surface area contributed by atoms with Gasteiger partial charge in [-0.15, -0.1) is 0 Å². The van der Waals surface area contributed by atoms with Gasteiger partial charge < -0.3 is 10.7 Å². The van der Waals surface area contributed by atoms with Gasteiger partial charge in [-0.1, -0.05) is 20.8 Å². The number of hydrogen-bond donors (Lipinski definition) is 2. The van der Waals surface area contributed by atoms with Gasteiger partial charge in [-0.3, -0.25) is 0 Å². The van der Waals surface area contributed by atoms with Gasteiger partial charge in [0.05, 0.1) is 5.52 Å². The van der Waals surface area contributed by atoms with Crippen LogP contribution in [0.15, 0.2) is 12.1 Å². The Labute approximate surface area is 122 Å². The molecule has 3 N–H and O–H groups in total. The van der Waals surface area contributed by atoms with E-state index in [2.05, 4.69) is 30.7 Å². The van der Waals surface area contributed by atoms with E-state index in [1.54, 1.807) is 0 Å². The Balaban J connectivity index is 2.06. The number of rotatable bonds is 1. The third-order valence-electron chi connectivity index (χ3n) is 5.40. The maximum Gasteiger partial charge on any atom is 0.186 e. The molecule has 3 unspecified atom stereocenters. The molecule has 3 nitrogen and oxygen atoms in total. The molecule has 2 aromatic rings. The zero-order chi connectivity index (χ0) is 15.4. The lowest BCUT2D eigenvalue weighted by Crippen LogP contribution is -2.46. The zero-order valence-electron chi connectivity index (χ0n) is 12.6. The van der Waals surface area contributed by atoms with Crippen LogP contribution >= 0.6 is 0 Å². The minimum Gasteiger partial charge on any atom is -0.342 e. The monoisotopic (exact) mass is 293 g/mol. The van der Waals surface area contributed by atoms with Gasteiger partial charge >= 0.3 is 0 Å². The molecule has 0 amide bonds. The maximum atomic E-state index is 13.8. The molecule has 5 heteroatoms. The van der Waals surface area contributed by atoms with Gasteiger partial charge in [-0.2, -0.15) is 0 Å². The molecule has 1 heterocycles. The molecular weight excluding hydrogens is 272 g/mol. The van der Waals surface area contributed by atoms with E-state index < -0.39 is 11.6 Å². The van der Waals surface area contributed by atoms with E-state index in [-0.39, 0.29) is 22.9 Å². The van der Waals surface area contributed by atoms with Crippen molar-refractivity contribution < 1.29 is 8.78 Å². The highest BCUT2D eigenvalue weighted by Crippen LogP contribution is 2.49. The van der Waals surface area contributed by atoms with Crippen LogP contribution in [0, 0.1) is 23.0 Å². The summed E-state index contributed by atoms with van der Waals surface area (Å²) >= 11 is 0. The Morgan fingerprint density at radius 3 is 2.71 bits per heavy atom. The summed E-state index contributed by atoms with van der Waals surface area (Å²) in [4.78, 5) is 7.51. The Morgan fingerprint density at radius 2 is 2.00 bits per heavy atom. The second kappa shape index (κ2) is 4.77. The summed E-state index contributed by atoms with van der Waals surface area (Å²) in [5.41, 5.74) is 6.76. The molecule has 1 aliphatic carbocycles. The van der Waals surface area contributed by atoms with Crippen molar-refractivity contribution >= 4 is 11.0 Å². The lowest BCUT2D eigenvalue weighted by Gasteiger charge is -2.46. The van der Waals surface area contributed by atoms with E-state index in [9.17, 15) is 8.78 Å². The molecule has 0 radical (unpaired) electrons. The highest BCUT2D eigenvalue weighted by molar-refractivity contribution is 5.76. The average Bonchev–Trinajstić information content (AvgIpc) is 2.85. The van der Waals surface area contributed by atoms with Crippen LogP contribution in [0.2, 0.25) is 0 Å². The standard InChI is InChI=1S/C16H21F2N3/c1-8-11(19)6-4-9(16(8,2)3)15-20-12-7-5-10(17)13(18)14(12)21-15/h5,7-9,11H,4,6,19H2,1-3H3,(H,20,21). The lowest BCUT2D eigenvalue weighted by atomic mass is 9.61. The first-order valence-corrected chi connectivity index (χ1v) is 7.41. The average molecular weight is 293 g/mol. The van der Waals surface area contributed by atoms with Crippen LogP contribution in [0.4, 0.5) is 8.78 Å². The molecule has 0 spiro atoms. The number of H-pyrrole nitrogens is 1. The first kappa shape index (κ1) is 14.4. The van der Waals surface area contributed by atoms with Crippen LogP contribution in [0.25, 0.3) is 11.0 Å². The van der Waals surface area contributed by atoms with Crippen molar-refractivity contribution in [1.29, 1.82) is 0 Å². The van der Waals surface area contributed by atoms with Crippen molar-refractivity contribution in [3.8, 4) is 0 Å². The number of aromatic amines is 1. The molecule has 1 fully saturated rings. The topological polar surface area (TPSA) is 54.7 Å². The van der Waals surface area contributed by atoms with Gasteiger partial charge in [-0.05, 0) is 36.3 Å². The molecule has 0 saturated heterocycles. The number of nitrogens with zero attached hydrogens (tertiary/aromatic N) is 1. The van der Waals surface area contributed by atoms with Gasteiger partial charge in [0.2, 0.25) is 0 Å². The normalized spacial score (nSPS) is 29.0. The van der Waals surface area contributed by atoms with E-state index in [0.717, 1.165) is 24.7 Å². The van der Waals surface area contributed by atoms with Crippen LogP contribution in [-0.2, 0) is 0 Å². The number of imidazole rings is 1. The predicted molar refractivity (Wildman–Crippen MR) is 78.9 cm³/mol. The van der Waals surface area contributed by atoms with E-state index in [1.165, 1.54) is 6.07 Å². The number of hydrogen-bond acceptors (Lipinski definition) is 2. The molecule has 1 aliphatic rings. The quantitative estimate of drug-likeness (QED) is 0.842. The third kappa shape index (κ3) is 2.14. The molecule has 0 aliphatic heterocycles. The second-order valence-electron chi connectivity index (χ2n) is 6.78. The zero-order valence-corrected chi connectivity index (χ0v) is 12.6. The minimum atomic E-state index is -0.881. The van der Waals surface area contributed by atoms with Gasteiger partial charge in [0.25, 0.3) is 0 Å². The number of nitrogens with one attached hydrogen (secondary N) is 1. The van der Waals surface area contributed by atoms with E-state index >= 15 is 0 Å². The molecule has 1 saturated carbocycles. The maximum absolute atomic E-state index is 13.8. The summed E-state index contributed by atoms with van der Waals surface area (Å²) in [5.74, 6) is -0.501. The lowest BCUT2D eigenvalue weighted by molar-refractivity contribution is 0.0954. The Kier molecular flexibility index (Phi) is 3.28. The first-order chi connectivity index (χ1) is 9.82. The van der Waals surface area contributed by atoms with Crippen LogP contribution in [0.1, 0.15) is 45.4 Å². The summed E-state index contributed by atoms with van der Waals surface area (Å²) in [6.07, 6.45) is 1.82. The summed E-state index contributed by atoms with van der Waals surface area (Å²) in [6, 6.07) is 2.84. The molecular formula is C16H21F2N3. The Bertz CT molecular complexity index is 677. The smallest absolute Gasteiger partial charge is 0.186 e. The minimum absolute atomic E-state index is 0.0411. The molecule has 1 aromatic carbocycles. The molecule has 0 bridgehead atoms. The fourth-order valence-electron chi connectivity index (χ4n) is 3.54. The van der Waals surface area contributed by atoms with Crippen molar-refractivity contribution in [1.82, 2.24) is 9.97 Å². The largest absolute Gasteiger partial charge is 0.342 e. The van der Waals surface area contributed by atoms with Crippen LogP contribution < -0.4 is 5.73 Å². The van der Waals surface area contributed by atoms with Gasteiger partial charge in [0.15, 0.2) is 11.6 Å². The Hall–Kier alpha value is -1.49. The number of fused-ring (bicyclic) bond motifs is 1. The number of benzene rings is 1. The SMILES string of the molecule is CC1C(N)CCC(c2nc3c(F)c(F)ccc3[nH]2)C1(C)C. The highest BCUT2D eigenvalue weighted by atomic mass is 19.2. The van der Waals surface area contributed by atoms with Crippen LogP contribution in [0.3, 0.4) is 0 Å². The molecule has 114 valence electrons. The summed E-state index contributed by atoms with van der Waals surface area (Å²) < 4.78 is 27.2. The molecule has 21 heavy (non-hydrogen) atoms. The van der Waals surface area contributed by atoms with Gasteiger partial charge in [0.1, 0.15) is 11.3 Å². The Morgan fingerprint density at radius 1 is 1.29 bits per heavy atom. The van der Waals surface area contributed by atoms with Gasteiger partial charge in [0, 0.05) is 12.0 Å². The fourth-order valence-corrected chi connectivity index (χ4v) is 3.54. The van der Waals surface area contributed by atoms with Crippen LogP contribution in [-0.4, -0.2) is 16.0 Å². The number of nitrogens with two attached hydrogens (primary N) is 1. The third-order valence-corrected chi connectivity index (χ3v) is 5.40. The second-order valence-corrected chi connectivity index (χ2v) is 6.78. The molecule has 3 rings (SSSR count). The van der Waals surface area contributed by atoms with Crippen molar-refractivity contribution in [2.45, 2.75) is 45.6 Å². The van der Waals surface area contributed by atoms with E-state index in [1.807, 2.05) is 0 Å². The number of aromatic nitrogens is 2. The summed E-state index contributed by atoms with van der Waals surface area (Å²) in [7, 11) is 0. The first-order valence-electron chi connectivity index (χ1n) is 7.41. The molecule has 1 aromatic heterocycles. The number of halogens is 2. The van der Waals surface area contributed by atoms with Crippen molar-refractivity contribution in [2.75, 3.05) is 0 Å². The van der Waals surface area contributed by atoms with Crippen LogP contribution in [0.5, 0.6) is 0 Å². The van der Waals surface area contributed by atoms with Crippen molar-refractivity contribution in [3.05, 3.63) is 29.6 Å². The van der Waals surface area contributed by atoms with Crippen molar-refractivity contribution in [3.63, 3.8) is 0 Å². The molecule has 3 atom stereocenters. The van der Waals surface area contributed by atoms with Crippen molar-refractivity contribution in [2.24, 2.45) is 17.1 Å². The van der Waals surface area contributed by atoms with Gasteiger partial charge in [-0.25, -0.2) is 13.8 Å². The summed E-state index contributed by atoms with van der Waals surface area (Å²) in [6.45, 7) is 6.50. The predicted octanol–water partition coefficient (Wildman–Crippen LogP) is 3.71. The summed E-state index contributed by atoms with van der Waals surface area (Å²) in [5, 5.41) is 0. The van der Waals surface area contributed by atoms with E-state index in [0.29, 0.717) is 11.4 Å².